The normalized spacial score (nSPS) is 17.1. The van der Waals surface area contributed by atoms with E-state index in [9.17, 15) is 41.9 Å². The van der Waals surface area contributed by atoms with Crippen LogP contribution in [0.1, 0.15) is 89.2 Å². The Balaban J connectivity index is 0.881. The molecule has 2 atom stereocenters. The minimum absolute atomic E-state index is 0.00989. The third kappa shape index (κ3) is 9.95. The number of aromatic nitrogens is 2. The first kappa shape index (κ1) is 45.0. The fourth-order valence-electron chi connectivity index (χ4n) is 7.84. The SMILES string of the molecule is COc1cc2nc(C)nc(N[C@H](C)c3cc(N)cc(C(F)(F)F)c3)c2cc1OCC1(CN(C)C(=O)CCCNC(=O)CNc2ccc3c(c2)C(=O)N(C2CCC(=O)NC2=O)C3=O)CC1. The van der Waals surface area contributed by atoms with Crippen LogP contribution in [0, 0.1) is 12.3 Å². The summed E-state index contributed by atoms with van der Waals surface area (Å²) in [4.78, 5) is 87.3. The molecule has 0 spiro atoms. The maximum Gasteiger partial charge on any atom is 0.416 e. The van der Waals surface area contributed by atoms with Gasteiger partial charge in [0.25, 0.3) is 11.8 Å². The Morgan fingerprint density at radius 1 is 1.03 bits per heavy atom. The second kappa shape index (κ2) is 18.0. The zero-order valence-corrected chi connectivity index (χ0v) is 35.6. The molecule has 1 aromatic heterocycles. The molecule has 1 saturated heterocycles. The predicted molar refractivity (Wildman–Crippen MR) is 227 cm³/mol. The summed E-state index contributed by atoms with van der Waals surface area (Å²) in [6, 6.07) is 9.60. The van der Waals surface area contributed by atoms with Crippen molar-refractivity contribution in [3.05, 3.63) is 76.6 Å². The van der Waals surface area contributed by atoms with Crippen molar-refractivity contribution in [3.8, 4) is 11.5 Å². The van der Waals surface area contributed by atoms with Crippen molar-refractivity contribution in [2.45, 2.75) is 70.6 Å². The Kier molecular flexibility index (Phi) is 12.7. The van der Waals surface area contributed by atoms with E-state index in [0.29, 0.717) is 58.3 Å². The molecule has 3 heterocycles. The van der Waals surface area contributed by atoms with E-state index >= 15 is 0 Å². The number of nitrogens with one attached hydrogen (secondary N) is 4. The number of rotatable bonds is 17. The number of nitrogens with two attached hydrogens (primary N) is 1. The van der Waals surface area contributed by atoms with Gasteiger partial charge in [0.15, 0.2) is 11.5 Å². The van der Waals surface area contributed by atoms with Gasteiger partial charge in [-0.1, -0.05) is 0 Å². The van der Waals surface area contributed by atoms with Gasteiger partial charge in [-0.3, -0.25) is 39.0 Å². The zero-order valence-electron chi connectivity index (χ0n) is 35.6. The van der Waals surface area contributed by atoms with Gasteiger partial charge in [0.1, 0.15) is 17.7 Å². The standard InChI is InChI=1S/C44H48F3N9O8/c1-23(25-14-26(44(45,46)47)16-27(48)15-25)51-39-31-18-35(34(63-4)19-32(31)52-24(2)53-39)64-22-43(11-12-43)21-55(3)38(59)6-5-13-49-37(58)20-50-28-7-8-29-30(17-28)42(62)56(41(29)61)33-9-10-36(57)54-40(33)60/h7-8,14-19,23,33,50H,5-6,9-13,20-22,48H2,1-4H3,(H,49,58)(H,51,52,53)(H,54,57,60)/t23-,33?/m1/s1. The largest absolute Gasteiger partial charge is 0.493 e. The maximum absolute atomic E-state index is 13.5. The Morgan fingerprint density at radius 3 is 2.48 bits per heavy atom. The van der Waals surface area contributed by atoms with Crippen LogP contribution in [-0.2, 0) is 25.4 Å². The molecule has 7 rings (SSSR count). The Morgan fingerprint density at radius 2 is 1.78 bits per heavy atom. The molecule has 17 nitrogen and oxygen atoms in total. The predicted octanol–water partition coefficient (Wildman–Crippen LogP) is 4.75. The van der Waals surface area contributed by atoms with Crippen molar-refractivity contribution in [2.75, 3.05) is 56.8 Å². The second-order valence-electron chi connectivity index (χ2n) is 16.4. The van der Waals surface area contributed by atoms with Crippen LogP contribution in [0.15, 0.2) is 48.5 Å². The quantitative estimate of drug-likeness (QED) is 0.0549. The second-order valence-corrected chi connectivity index (χ2v) is 16.4. The van der Waals surface area contributed by atoms with Crippen LogP contribution < -0.4 is 36.5 Å². The molecule has 3 aromatic carbocycles. The van der Waals surface area contributed by atoms with E-state index in [-0.39, 0.29) is 73.0 Å². The number of alkyl halides is 3. The summed E-state index contributed by atoms with van der Waals surface area (Å²) >= 11 is 0. The molecule has 0 radical (unpaired) electrons. The first-order valence-corrected chi connectivity index (χ1v) is 20.7. The summed E-state index contributed by atoms with van der Waals surface area (Å²) < 4.78 is 52.6. The highest BCUT2D eigenvalue weighted by atomic mass is 19.4. The van der Waals surface area contributed by atoms with Crippen LogP contribution >= 0.6 is 0 Å². The average Bonchev–Trinajstić information content (AvgIpc) is 3.97. The number of hydrogen-bond acceptors (Lipinski definition) is 13. The molecule has 64 heavy (non-hydrogen) atoms. The zero-order chi connectivity index (χ0) is 46.1. The number of nitrogens with zero attached hydrogens (tertiary/aromatic N) is 4. The third-order valence-electron chi connectivity index (χ3n) is 11.5. The van der Waals surface area contributed by atoms with E-state index in [2.05, 4.69) is 31.2 Å². The van der Waals surface area contributed by atoms with Gasteiger partial charge in [0.05, 0.1) is 48.5 Å². The van der Waals surface area contributed by atoms with Gasteiger partial charge in [0, 0.05) is 61.2 Å². The molecule has 1 aliphatic carbocycles. The number of ether oxygens (including phenoxy) is 2. The molecule has 338 valence electrons. The number of methoxy groups -OCH3 is 1. The molecule has 1 saturated carbocycles. The number of aryl methyl sites for hydroxylation is 1. The first-order chi connectivity index (χ1) is 30.3. The van der Waals surface area contributed by atoms with Gasteiger partial charge >= 0.3 is 6.18 Å². The molecule has 4 aromatic rings. The van der Waals surface area contributed by atoms with Crippen LogP contribution in [0.2, 0.25) is 0 Å². The van der Waals surface area contributed by atoms with E-state index in [4.69, 9.17) is 15.2 Å². The van der Waals surface area contributed by atoms with E-state index < -0.39 is 47.5 Å². The minimum atomic E-state index is -4.57. The number of amides is 6. The summed E-state index contributed by atoms with van der Waals surface area (Å²) in [5.41, 5.74) is 6.14. The van der Waals surface area contributed by atoms with Crippen LogP contribution in [0.3, 0.4) is 0 Å². The fourth-order valence-corrected chi connectivity index (χ4v) is 7.84. The van der Waals surface area contributed by atoms with E-state index in [1.165, 1.54) is 25.3 Å². The number of piperidine rings is 1. The maximum atomic E-state index is 13.5. The monoisotopic (exact) mass is 887 g/mol. The molecule has 6 amide bonds. The number of halogens is 3. The molecule has 3 aliphatic rings. The summed E-state index contributed by atoms with van der Waals surface area (Å²) in [5.74, 6) is -1.27. The highest BCUT2D eigenvalue weighted by Gasteiger charge is 2.46. The van der Waals surface area contributed by atoms with Crippen molar-refractivity contribution < 1.29 is 51.4 Å². The molecule has 1 unspecified atom stereocenters. The summed E-state index contributed by atoms with van der Waals surface area (Å²) in [6.45, 7) is 4.22. The van der Waals surface area contributed by atoms with E-state index in [1.807, 2.05) is 0 Å². The summed E-state index contributed by atoms with van der Waals surface area (Å²) in [5, 5.41) is 11.6. The van der Waals surface area contributed by atoms with Gasteiger partial charge in [-0.15, -0.1) is 0 Å². The van der Waals surface area contributed by atoms with Gasteiger partial charge < -0.3 is 36.1 Å². The lowest BCUT2D eigenvalue weighted by atomic mass is 10.0. The van der Waals surface area contributed by atoms with Crippen molar-refractivity contribution in [1.29, 1.82) is 0 Å². The average molecular weight is 888 g/mol. The van der Waals surface area contributed by atoms with Gasteiger partial charge in [-0.05, 0) is 87.6 Å². The van der Waals surface area contributed by atoms with Gasteiger partial charge in [-0.2, -0.15) is 13.2 Å². The number of nitrogen functional groups attached to an aromatic ring is 1. The van der Waals surface area contributed by atoms with Crippen molar-refractivity contribution >= 4 is 63.5 Å². The van der Waals surface area contributed by atoms with Gasteiger partial charge in [0.2, 0.25) is 23.6 Å². The Hall–Kier alpha value is -6.99. The highest BCUT2D eigenvalue weighted by molar-refractivity contribution is 6.23. The lowest BCUT2D eigenvalue weighted by Gasteiger charge is -2.27. The third-order valence-corrected chi connectivity index (χ3v) is 11.5. The van der Waals surface area contributed by atoms with E-state index in [1.54, 1.807) is 44.0 Å². The minimum Gasteiger partial charge on any atom is -0.493 e. The lowest BCUT2D eigenvalue weighted by Crippen LogP contribution is -2.54. The van der Waals surface area contributed by atoms with Gasteiger partial charge in [-0.25, -0.2) is 9.97 Å². The van der Waals surface area contributed by atoms with Crippen molar-refractivity contribution in [1.82, 2.24) is 30.4 Å². The smallest absolute Gasteiger partial charge is 0.416 e. The van der Waals surface area contributed by atoms with Crippen molar-refractivity contribution in [3.63, 3.8) is 0 Å². The number of imide groups is 2. The topological polar surface area (TPSA) is 227 Å². The molecule has 20 heteroatoms. The molecular weight excluding hydrogens is 840 g/mol. The molecule has 6 N–H and O–H groups in total. The van der Waals surface area contributed by atoms with Crippen LogP contribution in [0.25, 0.3) is 10.9 Å². The number of hydrogen-bond donors (Lipinski definition) is 5. The number of anilines is 3. The molecule has 2 aliphatic heterocycles. The first-order valence-electron chi connectivity index (χ1n) is 20.7. The number of carbonyl (C=O) groups is 6. The Labute approximate surface area is 365 Å². The molecular formula is C44H48F3N9O8. The Bertz CT molecular complexity index is 2550. The number of benzene rings is 3. The van der Waals surface area contributed by atoms with E-state index in [0.717, 1.165) is 29.9 Å². The number of carbonyl (C=O) groups excluding carboxylic acids is 6. The summed E-state index contributed by atoms with van der Waals surface area (Å²) in [6.07, 6.45) is -2.30. The number of fused-ring (bicyclic) bond motifs is 2. The van der Waals surface area contributed by atoms with Crippen LogP contribution in [-0.4, -0.2) is 102 Å². The molecule has 2 fully saturated rings. The van der Waals surface area contributed by atoms with Crippen molar-refractivity contribution in [2.24, 2.45) is 5.41 Å². The highest BCUT2D eigenvalue weighted by Crippen LogP contribution is 2.47. The van der Waals surface area contributed by atoms with Crippen LogP contribution in [0.4, 0.5) is 30.4 Å². The summed E-state index contributed by atoms with van der Waals surface area (Å²) in [7, 11) is 3.22. The fraction of sp³-hybridized carbons (Fsp3) is 0.409. The lowest BCUT2D eigenvalue weighted by molar-refractivity contribution is -0.138. The van der Waals surface area contributed by atoms with Crippen LogP contribution in [0.5, 0.6) is 11.5 Å². The molecule has 0 bridgehead atoms.